The molecule has 5 nitrogen and oxygen atoms in total. The van der Waals surface area contributed by atoms with Crippen molar-refractivity contribution in [2.75, 3.05) is 6.61 Å². The third-order valence-electron chi connectivity index (χ3n) is 3.70. The van der Waals surface area contributed by atoms with Crippen molar-refractivity contribution in [3.8, 4) is 0 Å². The first-order valence-corrected chi connectivity index (χ1v) is 7.46. The lowest BCUT2D eigenvalue weighted by Gasteiger charge is -2.38. The molecule has 1 aromatic carbocycles. The molecule has 2 heterocycles. The number of hydrogen-bond acceptors (Lipinski definition) is 4. The van der Waals surface area contributed by atoms with Crippen molar-refractivity contribution in [3.05, 3.63) is 58.9 Å². The van der Waals surface area contributed by atoms with Crippen LogP contribution in [0.3, 0.4) is 0 Å². The maximum Gasteiger partial charge on any atom is 0.150 e. The lowest BCUT2D eigenvalue weighted by atomic mass is 10.0. The first kappa shape index (κ1) is 14.8. The van der Waals surface area contributed by atoms with Gasteiger partial charge in [0.2, 0.25) is 0 Å². The van der Waals surface area contributed by atoms with Gasteiger partial charge < -0.3 is 10.0 Å². The van der Waals surface area contributed by atoms with E-state index >= 15 is 0 Å². The zero-order valence-corrected chi connectivity index (χ0v) is 12.9. The van der Waals surface area contributed by atoms with Crippen LogP contribution in [0.2, 0.25) is 5.02 Å². The van der Waals surface area contributed by atoms with Gasteiger partial charge in [0, 0.05) is 28.7 Å². The maximum atomic E-state index is 9.65. The van der Waals surface area contributed by atoms with Crippen LogP contribution in [0.25, 0.3) is 5.70 Å². The standard InChI is InChI=1S/C16H17ClN4O/c1-11(10-22)21-15(12-2-4-14(17)5-3-12)6-7-18-16(21)13-8-19-20-9-13/h2-9,11,16,22H,10H2,1H3,(H,19,20)/t11-,16?/m0/s1. The van der Waals surface area contributed by atoms with Gasteiger partial charge in [-0.15, -0.1) is 0 Å². The van der Waals surface area contributed by atoms with E-state index in [0.717, 1.165) is 16.8 Å². The van der Waals surface area contributed by atoms with Crippen LogP contribution < -0.4 is 0 Å². The lowest BCUT2D eigenvalue weighted by molar-refractivity contribution is 0.152. The average molecular weight is 317 g/mol. The number of aliphatic hydroxyl groups is 1. The molecule has 0 aliphatic carbocycles. The number of allylic oxidation sites excluding steroid dienone is 1. The van der Waals surface area contributed by atoms with Gasteiger partial charge in [0.15, 0.2) is 0 Å². The largest absolute Gasteiger partial charge is 0.394 e. The molecule has 2 N–H and O–H groups in total. The molecule has 0 bridgehead atoms. The monoisotopic (exact) mass is 316 g/mol. The van der Waals surface area contributed by atoms with Crippen molar-refractivity contribution in [1.29, 1.82) is 0 Å². The van der Waals surface area contributed by atoms with Crippen LogP contribution in [0.5, 0.6) is 0 Å². The van der Waals surface area contributed by atoms with Crippen molar-refractivity contribution < 1.29 is 5.11 Å². The Morgan fingerprint density at radius 2 is 2.14 bits per heavy atom. The van der Waals surface area contributed by atoms with Crippen LogP contribution >= 0.6 is 11.6 Å². The second-order valence-electron chi connectivity index (χ2n) is 5.20. The molecule has 114 valence electrons. The Balaban J connectivity index is 2.02. The summed E-state index contributed by atoms with van der Waals surface area (Å²) in [4.78, 5) is 6.63. The van der Waals surface area contributed by atoms with E-state index in [9.17, 15) is 5.11 Å². The molecule has 1 aliphatic rings. The number of halogens is 1. The minimum atomic E-state index is -0.212. The summed E-state index contributed by atoms with van der Waals surface area (Å²) in [5.74, 6) is 0. The minimum Gasteiger partial charge on any atom is -0.394 e. The van der Waals surface area contributed by atoms with E-state index in [1.165, 1.54) is 0 Å². The van der Waals surface area contributed by atoms with Crippen LogP contribution in [0, 0.1) is 0 Å². The number of nitrogens with zero attached hydrogens (tertiary/aromatic N) is 3. The second kappa shape index (κ2) is 6.34. The van der Waals surface area contributed by atoms with Crippen LogP contribution in [0.1, 0.15) is 24.2 Å². The summed E-state index contributed by atoms with van der Waals surface area (Å²) in [5, 5.41) is 17.2. The number of aromatic amines is 1. The molecule has 2 atom stereocenters. The molecule has 0 radical (unpaired) electrons. The van der Waals surface area contributed by atoms with Crippen molar-refractivity contribution >= 4 is 23.5 Å². The summed E-state index contributed by atoms with van der Waals surface area (Å²) in [6.45, 7) is 2.01. The molecule has 0 saturated heterocycles. The van der Waals surface area contributed by atoms with Gasteiger partial charge in [-0.3, -0.25) is 10.1 Å². The van der Waals surface area contributed by atoms with Gasteiger partial charge in [-0.2, -0.15) is 5.10 Å². The van der Waals surface area contributed by atoms with Crippen molar-refractivity contribution in [3.63, 3.8) is 0 Å². The molecule has 22 heavy (non-hydrogen) atoms. The molecule has 6 heteroatoms. The summed E-state index contributed by atoms with van der Waals surface area (Å²) >= 11 is 5.97. The lowest BCUT2D eigenvalue weighted by Crippen LogP contribution is -2.38. The van der Waals surface area contributed by atoms with E-state index in [-0.39, 0.29) is 18.8 Å². The zero-order chi connectivity index (χ0) is 15.5. The van der Waals surface area contributed by atoms with Crippen molar-refractivity contribution in [1.82, 2.24) is 15.1 Å². The van der Waals surface area contributed by atoms with Crippen LogP contribution in [-0.2, 0) is 0 Å². The van der Waals surface area contributed by atoms with Crippen molar-refractivity contribution in [2.45, 2.75) is 19.1 Å². The Morgan fingerprint density at radius 3 is 2.77 bits per heavy atom. The highest BCUT2D eigenvalue weighted by Gasteiger charge is 2.29. The number of nitrogens with one attached hydrogen (secondary N) is 1. The van der Waals surface area contributed by atoms with Crippen LogP contribution in [0.15, 0.2) is 47.7 Å². The third kappa shape index (κ3) is 2.77. The highest BCUT2D eigenvalue weighted by atomic mass is 35.5. The Kier molecular flexibility index (Phi) is 4.27. The first-order chi connectivity index (χ1) is 10.7. The predicted octanol–water partition coefficient (Wildman–Crippen LogP) is 2.87. The highest BCUT2D eigenvalue weighted by molar-refractivity contribution is 6.30. The number of aromatic nitrogens is 2. The molecule has 0 spiro atoms. The van der Waals surface area contributed by atoms with Gasteiger partial charge in [0.1, 0.15) is 6.17 Å². The molecule has 1 aromatic heterocycles. The SMILES string of the molecule is C[C@@H](CO)N1C(c2ccc(Cl)cc2)=CC=NC1c1cn[nH]c1. The molecule has 1 aliphatic heterocycles. The Bertz CT molecular complexity index is 679. The highest BCUT2D eigenvalue weighted by Crippen LogP contribution is 2.35. The molecule has 0 fully saturated rings. The van der Waals surface area contributed by atoms with E-state index in [2.05, 4.69) is 20.1 Å². The molecular formula is C16H17ClN4O. The topological polar surface area (TPSA) is 64.5 Å². The Hall–Kier alpha value is -2.11. The van der Waals surface area contributed by atoms with Crippen LogP contribution in [-0.4, -0.2) is 39.1 Å². The number of benzene rings is 1. The minimum absolute atomic E-state index is 0.0365. The number of H-pyrrole nitrogens is 1. The summed E-state index contributed by atoms with van der Waals surface area (Å²) in [6, 6.07) is 7.57. The van der Waals surface area contributed by atoms with E-state index in [1.807, 2.05) is 43.5 Å². The first-order valence-electron chi connectivity index (χ1n) is 7.08. The molecule has 1 unspecified atom stereocenters. The normalized spacial score (nSPS) is 19.1. The quantitative estimate of drug-likeness (QED) is 0.911. The van der Waals surface area contributed by atoms with E-state index in [1.54, 1.807) is 12.4 Å². The number of aliphatic hydroxyl groups excluding tert-OH is 1. The molecule has 0 saturated carbocycles. The summed E-state index contributed by atoms with van der Waals surface area (Å²) < 4.78 is 0. The summed E-state index contributed by atoms with van der Waals surface area (Å²) in [5.41, 5.74) is 2.99. The van der Waals surface area contributed by atoms with Gasteiger partial charge >= 0.3 is 0 Å². The van der Waals surface area contributed by atoms with Gasteiger partial charge in [-0.1, -0.05) is 23.7 Å². The third-order valence-corrected chi connectivity index (χ3v) is 3.95. The van der Waals surface area contributed by atoms with Crippen molar-refractivity contribution in [2.24, 2.45) is 4.99 Å². The molecule has 0 amide bonds. The number of aliphatic imine (C=N–C) groups is 1. The van der Waals surface area contributed by atoms with E-state index in [0.29, 0.717) is 5.02 Å². The average Bonchev–Trinajstić information content (AvgIpc) is 3.08. The smallest absolute Gasteiger partial charge is 0.150 e. The van der Waals surface area contributed by atoms with Gasteiger partial charge in [0.25, 0.3) is 0 Å². The second-order valence-corrected chi connectivity index (χ2v) is 5.64. The van der Waals surface area contributed by atoms with E-state index < -0.39 is 0 Å². The summed E-state index contributed by atoms with van der Waals surface area (Å²) in [7, 11) is 0. The Labute approximate surface area is 133 Å². The zero-order valence-electron chi connectivity index (χ0n) is 12.1. The fraction of sp³-hybridized carbons (Fsp3) is 0.250. The maximum absolute atomic E-state index is 9.65. The number of hydrogen-bond donors (Lipinski definition) is 2. The van der Waals surface area contributed by atoms with Crippen LogP contribution in [0.4, 0.5) is 0 Å². The summed E-state index contributed by atoms with van der Waals surface area (Å²) in [6.07, 6.45) is 7.11. The fourth-order valence-electron chi connectivity index (χ4n) is 2.57. The number of rotatable bonds is 4. The van der Waals surface area contributed by atoms with Gasteiger partial charge in [-0.25, -0.2) is 0 Å². The van der Waals surface area contributed by atoms with Gasteiger partial charge in [-0.05, 0) is 30.7 Å². The predicted molar refractivity (Wildman–Crippen MR) is 87.6 cm³/mol. The Morgan fingerprint density at radius 1 is 1.36 bits per heavy atom. The molecular weight excluding hydrogens is 300 g/mol. The fourth-order valence-corrected chi connectivity index (χ4v) is 2.69. The van der Waals surface area contributed by atoms with E-state index in [4.69, 9.17) is 11.6 Å². The van der Waals surface area contributed by atoms with Gasteiger partial charge in [0.05, 0.1) is 18.8 Å². The molecule has 3 rings (SSSR count). The molecule has 2 aromatic rings.